The van der Waals surface area contributed by atoms with Crippen LogP contribution in [-0.4, -0.2) is 25.1 Å². The van der Waals surface area contributed by atoms with E-state index in [-0.39, 0.29) is 5.41 Å². The molecule has 2 heterocycles. The fourth-order valence-corrected chi connectivity index (χ4v) is 3.17. The third-order valence-corrected chi connectivity index (χ3v) is 4.41. The minimum Gasteiger partial charge on any atom is -0.369 e. The van der Waals surface area contributed by atoms with Crippen molar-refractivity contribution in [3.63, 3.8) is 0 Å². The van der Waals surface area contributed by atoms with E-state index in [0.717, 1.165) is 23.0 Å². The van der Waals surface area contributed by atoms with Crippen LogP contribution >= 0.6 is 0 Å². The van der Waals surface area contributed by atoms with Crippen molar-refractivity contribution < 1.29 is 0 Å². The molecule has 1 aliphatic carbocycles. The SMILES string of the molecule is Cc1nc(N)[nH]c1[C@@H]1[C@@H](c2nc(C(C)C)n[nH]2)C1(C)C. The molecule has 4 N–H and O–H groups in total. The van der Waals surface area contributed by atoms with E-state index < -0.39 is 0 Å². The van der Waals surface area contributed by atoms with Crippen LogP contribution in [0.15, 0.2) is 0 Å². The number of aryl methyl sites for hydroxylation is 1. The molecule has 1 aliphatic rings. The molecule has 0 aliphatic heterocycles. The van der Waals surface area contributed by atoms with E-state index >= 15 is 0 Å². The number of nitrogens with one attached hydrogen (secondary N) is 2. The quantitative estimate of drug-likeness (QED) is 0.801. The Bertz CT molecular complexity index is 636. The number of H-pyrrole nitrogens is 2. The Balaban J connectivity index is 1.93. The summed E-state index contributed by atoms with van der Waals surface area (Å²) in [6.07, 6.45) is 0. The number of imidazole rings is 1. The molecule has 0 bridgehead atoms. The highest BCUT2D eigenvalue weighted by Gasteiger charge is 2.62. The standard InChI is InChI=1S/C14H22N6/c1-6(2)11-18-12(20-19-11)9-8(14(9,4)5)10-7(3)16-13(15)17-10/h6,8-9H,1-5H3,(H3,15,16,17)(H,18,19,20)/t8-,9-/m0/s1. The lowest BCUT2D eigenvalue weighted by molar-refractivity contribution is 0.590. The van der Waals surface area contributed by atoms with Crippen molar-refractivity contribution in [2.24, 2.45) is 5.41 Å². The first-order valence-corrected chi connectivity index (χ1v) is 7.06. The van der Waals surface area contributed by atoms with Gasteiger partial charge in [0.25, 0.3) is 0 Å². The number of nitrogens with zero attached hydrogens (tertiary/aromatic N) is 3. The van der Waals surface area contributed by atoms with Gasteiger partial charge in [-0.05, 0) is 12.3 Å². The Kier molecular flexibility index (Phi) is 2.68. The average Bonchev–Trinajstić information content (AvgIpc) is 2.73. The van der Waals surface area contributed by atoms with E-state index in [4.69, 9.17) is 5.73 Å². The number of anilines is 1. The van der Waals surface area contributed by atoms with Crippen molar-refractivity contribution in [2.75, 3.05) is 5.73 Å². The highest BCUT2D eigenvalue weighted by atomic mass is 15.2. The molecule has 0 aromatic carbocycles. The second-order valence-electron chi connectivity index (χ2n) is 6.63. The Morgan fingerprint density at radius 3 is 2.40 bits per heavy atom. The minimum atomic E-state index is 0.136. The van der Waals surface area contributed by atoms with Crippen molar-refractivity contribution >= 4 is 5.95 Å². The van der Waals surface area contributed by atoms with E-state index in [1.807, 2.05) is 6.92 Å². The van der Waals surface area contributed by atoms with Crippen molar-refractivity contribution in [2.45, 2.75) is 52.4 Å². The van der Waals surface area contributed by atoms with Gasteiger partial charge < -0.3 is 10.7 Å². The highest BCUT2D eigenvalue weighted by molar-refractivity contribution is 5.39. The van der Waals surface area contributed by atoms with Crippen LogP contribution in [-0.2, 0) is 0 Å². The molecule has 6 heteroatoms. The van der Waals surface area contributed by atoms with E-state index in [1.165, 1.54) is 0 Å². The summed E-state index contributed by atoms with van der Waals surface area (Å²) in [6.45, 7) is 10.7. The predicted octanol–water partition coefficient (Wildman–Crippen LogP) is 2.45. The number of aromatic nitrogens is 5. The summed E-state index contributed by atoms with van der Waals surface area (Å²) in [5, 5.41) is 7.42. The fraction of sp³-hybridized carbons (Fsp3) is 0.643. The van der Waals surface area contributed by atoms with Crippen LogP contribution in [0.1, 0.15) is 68.5 Å². The van der Waals surface area contributed by atoms with Gasteiger partial charge in [0.15, 0.2) is 11.8 Å². The van der Waals surface area contributed by atoms with Gasteiger partial charge in [0.05, 0.1) is 5.69 Å². The second kappa shape index (κ2) is 4.07. The summed E-state index contributed by atoms with van der Waals surface area (Å²) in [4.78, 5) is 12.1. The zero-order valence-corrected chi connectivity index (χ0v) is 12.7. The molecule has 0 amide bonds. The molecule has 108 valence electrons. The molecule has 1 saturated carbocycles. The van der Waals surface area contributed by atoms with Gasteiger partial charge in [-0.3, -0.25) is 5.10 Å². The Hall–Kier alpha value is -1.85. The van der Waals surface area contributed by atoms with Crippen LogP contribution in [0.2, 0.25) is 0 Å². The van der Waals surface area contributed by atoms with Crippen molar-refractivity contribution in [1.82, 2.24) is 25.1 Å². The zero-order valence-electron chi connectivity index (χ0n) is 12.7. The van der Waals surface area contributed by atoms with Crippen LogP contribution in [0.25, 0.3) is 0 Å². The molecule has 3 rings (SSSR count). The minimum absolute atomic E-state index is 0.136. The van der Waals surface area contributed by atoms with Crippen LogP contribution in [0.5, 0.6) is 0 Å². The predicted molar refractivity (Wildman–Crippen MR) is 77.5 cm³/mol. The van der Waals surface area contributed by atoms with Gasteiger partial charge >= 0.3 is 0 Å². The fourth-order valence-electron chi connectivity index (χ4n) is 3.17. The molecule has 2 atom stereocenters. The largest absolute Gasteiger partial charge is 0.369 e. The Morgan fingerprint density at radius 2 is 1.90 bits per heavy atom. The molecule has 1 fully saturated rings. The maximum Gasteiger partial charge on any atom is 0.197 e. The Labute approximate surface area is 118 Å². The lowest BCUT2D eigenvalue weighted by Crippen LogP contribution is -1.93. The van der Waals surface area contributed by atoms with Gasteiger partial charge in [0.2, 0.25) is 0 Å². The van der Waals surface area contributed by atoms with E-state index in [1.54, 1.807) is 0 Å². The molecule has 2 aromatic heterocycles. The molecule has 6 nitrogen and oxygen atoms in total. The number of aromatic amines is 2. The molecule has 0 saturated heterocycles. The van der Waals surface area contributed by atoms with Gasteiger partial charge in [-0.15, -0.1) is 0 Å². The van der Waals surface area contributed by atoms with Crippen molar-refractivity contribution in [3.05, 3.63) is 23.0 Å². The number of nitrogen functional groups attached to an aromatic ring is 1. The molecule has 0 unspecified atom stereocenters. The molecule has 2 aromatic rings. The normalized spacial score (nSPS) is 24.3. The van der Waals surface area contributed by atoms with Gasteiger partial charge in [-0.25, -0.2) is 9.97 Å². The van der Waals surface area contributed by atoms with Gasteiger partial charge in [0, 0.05) is 23.4 Å². The third-order valence-electron chi connectivity index (χ3n) is 4.41. The number of nitrogens with two attached hydrogens (primary N) is 1. The summed E-state index contributed by atoms with van der Waals surface area (Å²) >= 11 is 0. The maximum absolute atomic E-state index is 5.76. The first-order chi connectivity index (χ1) is 9.32. The molecule has 20 heavy (non-hydrogen) atoms. The van der Waals surface area contributed by atoms with Gasteiger partial charge in [0.1, 0.15) is 5.82 Å². The summed E-state index contributed by atoms with van der Waals surface area (Å²) in [5.74, 6) is 3.36. The van der Waals surface area contributed by atoms with Crippen LogP contribution in [0.3, 0.4) is 0 Å². The molecule has 0 spiro atoms. The molecular weight excluding hydrogens is 252 g/mol. The monoisotopic (exact) mass is 274 g/mol. The Morgan fingerprint density at radius 1 is 1.20 bits per heavy atom. The highest BCUT2D eigenvalue weighted by Crippen LogP contribution is 2.69. The average molecular weight is 274 g/mol. The van der Waals surface area contributed by atoms with Crippen molar-refractivity contribution in [1.29, 1.82) is 0 Å². The summed E-state index contributed by atoms with van der Waals surface area (Å²) in [7, 11) is 0. The summed E-state index contributed by atoms with van der Waals surface area (Å²) < 4.78 is 0. The number of hydrogen-bond acceptors (Lipinski definition) is 4. The third kappa shape index (κ3) is 1.82. The van der Waals surface area contributed by atoms with Crippen LogP contribution in [0, 0.1) is 12.3 Å². The van der Waals surface area contributed by atoms with Crippen molar-refractivity contribution in [3.8, 4) is 0 Å². The van der Waals surface area contributed by atoms with E-state index in [0.29, 0.717) is 23.7 Å². The lowest BCUT2D eigenvalue weighted by Gasteiger charge is -2.00. The first kappa shape index (κ1) is 13.1. The lowest BCUT2D eigenvalue weighted by atomic mass is 10.1. The van der Waals surface area contributed by atoms with Crippen LogP contribution < -0.4 is 5.73 Å². The smallest absolute Gasteiger partial charge is 0.197 e. The molecule has 0 radical (unpaired) electrons. The van der Waals surface area contributed by atoms with Gasteiger partial charge in [-0.1, -0.05) is 27.7 Å². The first-order valence-electron chi connectivity index (χ1n) is 7.06. The summed E-state index contributed by atoms with van der Waals surface area (Å²) in [6, 6.07) is 0. The van der Waals surface area contributed by atoms with Crippen LogP contribution in [0.4, 0.5) is 5.95 Å². The number of rotatable bonds is 3. The van der Waals surface area contributed by atoms with E-state index in [9.17, 15) is 0 Å². The number of hydrogen-bond donors (Lipinski definition) is 3. The topological polar surface area (TPSA) is 96.3 Å². The van der Waals surface area contributed by atoms with Gasteiger partial charge in [-0.2, -0.15) is 5.10 Å². The van der Waals surface area contributed by atoms with E-state index in [2.05, 4.69) is 52.8 Å². The summed E-state index contributed by atoms with van der Waals surface area (Å²) in [5.41, 5.74) is 8.00. The zero-order chi connectivity index (χ0) is 14.7. The molecular formula is C14H22N6. The maximum atomic E-state index is 5.76. The second-order valence-corrected chi connectivity index (χ2v) is 6.63.